The Morgan fingerprint density at radius 2 is 1.25 bits per heavy atom. The standard InChI is InChI=1S/C31H29NO8/c33-20-26-27(34)28(35)31(36,29(40-26)39-25-18-16-24(17-19-25)32(37)38)30(21-10-4-1-5-11-21,22-12-6-2-7-13-22)23-14-8-3-9-15-23/h1-19,26-29,33-36H,20H2/t26-,27+,28+,29+,31-/m1/s1. The van der Waals surface area contributed by atoms with Crippen molar-refractivity contribution in [2.75, 3.05) is 6.61 Å². The first-order valence-corrected chi connectivity index (χ1v) is 12.8. The molecule has 0 unspecified atom stereocenters. The lowest BCUT2D eigenvalue weighted by atomic mass is 9.55. The summed E-state index contributed by atoms with van der Waals surface area (Å²) in [5, 5.41) is 57.1. The minimum atomic E-state index is -2.41. The molecule has 4 aromatic rings. The molecule has 9 nitrogen and oxygen atoms in total. The summed E-state index contributed by atoms with van der Waals surface area (Å²) < 4.78 is 12.2. The fraction of sp³-hybridized carbons (Fsp3) is 0.226. The summed E-state index contributed by atoms with van der Waals surface area (Å²) in [7, 11) is 0. The number of aliphatic hydroxyl groups is 4. The molecule has 0 bridgehead atoms. The largest absolute Gasteiger partial charge is 0.462 e. The number of nitro benzene ring substituents is 1. The van der Waals surface area contributed by atoms with Crippen LogP contribution in [0.4, 0.5) is 5.69 Å². The number of hydrogen-bond acceptors (Lipinski definition) is 8. The average molecular weight is 544 g/mol. The van der Waals surface area contributed by atoms with Crippen LogP contribution in [-0.2, 0) is 10.2 Å². The number of aliphatic hydroxyl groups excluding tert-OH is 3. The molecule has 9 heteroatoms. The molecule has 0 aromatic heterocycles. The Morgan fingerprint density at radius 3 is 1.65 bits per heavy atom. The van der Waals surface area contributed by atoms with Gasteiger partial charge in [0.25, 0.3) is 5.69 Å². The van der Waals surface area contributed by atoms with Gasteiger partial charge in [0, 0.05) is 12.1 Å². The van der Waals surface area contributed by atoms with Gasteiger partial charge in [0.05, 0.1) is 16.9 Å². The van der Waals surface area contributed by atoms with Crippen LogP contribution in [-0.4, -0.2) is 62.2 Å². The molecule has 0 aliphatic carbocycles. The number of benzene rings is 4. The van der Waals surface area contributed by atoms with Gasteiger partial charge in [-0.05, 0) is 28.8 Å². The third-order valence-corrected chi connectivity index (χ3v) is 7.50. The summed E-state index contributed by atoms with van der Waals surface area (Å²) in [5.41, 5.74) is -2.44. The lowest BCUT2D eigenvalue weighted by molar-refractivity contribution is -0.384. The molecule has 0 radical (unpaired) electrons. The topological polar surface area (TPSA) is 143 Å². The van der Waals surface area contributed by atoms with Gasteiger partial charge in [-0.3, -0.25) is 10.1 Å². The van der Waals surface area contributed by atoms with Gasteiger partial charge in [0.1, 0.15) is 24.1 Å². The maximum atomic E-state index is 13.0. The van der Waals surface area contributed by atoms with E-state index in [1.165, 1.54) is 24.3 Å². The van der Waals surface area contributed by atoms with E-state index in [1.54, 1.807) is 72.8 Å². The summed E-state index contributed by atoms with van der Waals surface area (Å²) >= 11 is 0. The molecule has 1 saturated heterocycles. The van der Waals surface area contributed by atoms with Crippen LogP contribution < -0.4 is 4.74 Å². The van der Waals surface area contributed by atoms with Crippen LogP contribution in [0.5, 0.6) is 5.75 Å². The van der Waals surface area contributed by atoms with E-state index in [2.05, 4.69) is 0 Å². The van der Waals surface area contributed by atoms with Crippen LogP contribution in [0, 0.1) is 10.1 Å². The zero-order valence-corrected chi connectivity index (χ0v) is 21.4. The van der Waals surface area contributed by atoms with E-state index >= 15 is 0 Å². The van der Waals surface area contributed by atoms with Crippen LogP contribution in [0.15, 0.2) is 115 Å². The van der Waals surface area contributed by atoms with Gasteiger partial charge in [-0.15, -0.1) is 0 Å². The molecular weight excluding hydrogens is 514 g/mol. The van der Waals surface area contributed by atoms with Crippen LogP contribution in [0.25, 0.3) is 0 Å². The Labute approximate surface area is 230 Å². The third-order valence-electron chi connectivity index (χ3n) is 7.50. The van der Waals surface area contributed by atoms with Crippen molar-refractivity contribution >= 4 is 5.69 Å². The predicted octanol–water partition coefficient (Wildman–Crippen LogP) is 3.18. The van der Waals surface area contributed by atoms with Crippen LogP contribution in [0.2, 0.25) is 0 Å². The van der Waals surface area contributed by atoms with Crippen LogP contribution >= 0.6 is 0 Å². The van der Waals surface area contributed by atoms with E-state index in [0.29, 0.717) is 16.7 Å². The Bertz CT molecular complexity index is 1320. The molecule has 1 fully saturated rings. The van der Waals surface area contributed by atoms with Gasteiger partial charge >= 0.3 is 0 Å². The minimum absolute atomic E-state index is 0.109. The van der Waals surface area contributed by atoms with Crippen molar-refractivity contribution in [3.05, 3.63) is 142 Å². The van der Waals surface area contributed by atoms with Gasteiger partial charge < -0.3 is 29.9 Å². The maximum Gasteiger partial charge on any atom is 0.269 e. The van der Waals surface area contributed by atoms with E-state index in [-0.39, 0.29) is 11.4 Å². The van der Waals surface area contributed by atoms with E-state index in [4.69, 9.17) is 9.47 Å². The van der Waals surface area contributed by atoms with Crippen molar-refractivity contribution in [1.82, 2.24) is 0 Å². The maximum absolute atomic E-state index is 13.0. The second-order valence-corrected chi connectivity index (χ2v) is 9.67. The minimum Gasteiger partial charge on any atom is -0.462 e. The summed E-state index contributed by atoms with van der Waals surface area (Å²) in [4.78, 5) is 10.6. The van der Waals surface area contributed by atoms with Crippen LogP contribution in [0.1, 0.15) is 16.7 Å². The molecule has 5 rings (SSSR count). The van der Waals surface area contributed by atoms with Crippen molar-refractivity contribution in [2.24, 2.45) is 0 Å². The normalized spacial score (nSPS) is 24.8. The second kappa shape index (κ2) is 11.2. The molecule has 4 aromatic carbocycles. The fourth-order valence-electron chi connectivity index (χ4n) is 5.64. The number of non-ortho nitro benzene ring substituents is 1. The number of ether oxygens (including phenoxy) is 2. The van der Waals surface area contributed by atoms with Crippen LogP contribution in [0.3, 0.4) is 0 Å². The third kappa shape index (κ3) is 4.43. The Kier molecular flexibility index (Phi) is 7.66. The Morgan fingerprint density at radius 1 is 0.800 bits per heavy atom. The quantitative estimate of drug-likeness (QED) is 0.151. The molecule has 0 saturated carbocycles. The Balaban J connectivity index is 1.80. The highest BCUT2D eigenvalue weighted by molar-refractivity contribution is 5.55. The van der Waals surface area contributed by atoms with E-state index in [1.807, 2.05) is 18.2 Å². The predicted molar refractivity (Wildman–Crippen MR) is 146 cm³/mol. The highest BCUT2D eigenvalue weighted by atomic mass is 16.7. The molecule has 206 valence electrons. The number of hydrogen-bond donors (Lipinski definition) is 4. The molecule has 1 aliphatic rings. The molecular formula is C31H29NO8. The van der Waals surface area contributed by atoms with Crippen molar-refractivity contribution in [3.63, 3.8) is 0 Å². The molecule has 4 N–H and O–H groups in total. The molecule has 40 heavy (non-hydrogen) atoms. The molecule has 5 atom stereocenters. The Hall–Kier alpha value is -4.12. The number of rotatable bonds is 8. The van der Waals surface area contributed by atoms with Gasteiger partial charge in [-0.2, -0.15) is 0 Å². The smallest absolute Gasteiger partial charge is 0.269 e. The highest BCUT2D eigenvalue weighted by Gasteiger charge is 2.68. The average Bonchev–Trinajstić information content (AvgIpc) is 3.00. The molecule has 0 spiro atoms. The van der Waals surface area contributed by atoms with E-state index < -0.39 is 47.1 Å². The summed E-state index contributed by atoms with van der Waals surface area (Å²) in [6.45, 7) is -0.663. The molecule has 1 heterocycles. The first kappa shape index (κ1) is 27.4. The lowest BCUT2D eigenvalue weighted by Crippen LogP contribution is -2.75. The lowest BCUT2D eigenvalue weighted by Gasteiger charge is -2.57. The summed E-state index contributed by atoms with van der Waals surface area (Å²) in [6, 6.07) is 32.3. The first-order valence-electron chi connectivity index (χ1n) is 12.8. The van der Waals surface area contributed by atoms with Crippen molar-refractivity contribution in [2.45, 2.75) is 35.6 Å². The molecule has 0 amide bonds. The second-order valence-electron chi connectivity index (χ2n) is 9.67. The van der Waals surface area contributed by atoms with E-state index in [0.717, 1.165) is 0 Å². The zero-order valence-electron chi connectivity index (χ0n) is 21.4. The fourth-order valence-corrected chi connectivity index (χ4v) is 5.64. The van der Waals surface area contributed by atoms with Crippen molar-refractivity contribution < 1.29 is 34.8 Å². The van der Waals surface area contributed by atoms with Gasteiger partial charge in [0.2, 0.25) is 6.29 Å². The SMILES string of the molecule is O=[N+]([O-])c1ccc(O[C@H]2O[C@H](CO)[C@H](O)[C@H](O)[C@]2(O)C(c2ccccc2)(c2ccccc2)c2ccccc2)cc1. The first-order chi connectivity index (χ1) is 19.3. The van der Waals surface area contributed by atoms with Gasteiger partial charge in [-0.1, -0.05) is 91.0 Å². The highest BCUT2D eigenvalue weighted by Crippen LogP contribution is 2.53. The van der Waals surface area contributed by atoms with E-state index in [9.17, 15) is 30.5 Å². The van der Waals surface area contributed by atoms with Crippen molar-refractivity contribution in [1.29, 1.82) is 0 Å². The van der Waals surface area contributed by atoms with Gasteiger partial charge in [0.15, 0.2) is 5.60 Å². The number of nitro groups is 1. The molecule has 1 aliphatic heterocycles. The van der Waals surface area contributed by atoms with Crippen molar-refractivity contribution in [3.8, 4) is 5.75 Å². The number of nitrogens with zero attached hydrogens (tertiary/aromatic N) is 1. The van der Waals surface area contributed by atoms with Gasteiger partial charge in [-0.25, -0.2) is 0 Å². The zero-order chi connectivity index (χ0) is 28.3. The summed E-state index contributed by atoms with van der Waals surface area (Å²) in [5.74, 6) is 0.109. The monoisotopic (exact) mass is 543 g/mol. The summed E-state index contributed by atoms with van der Waals surface area (Å²) in [6.07, 6.45) is -6.53.